The van der Waals surface area contributed by atoms with E-state index in [9.17, 15) is 13.2 Å². The molecule has 1 atom stereocenters. The van der Waals surface area contributed by atoms with Gasteiger partial charge in [-0.2, -0.15) is 5.10 Å². The Morgan fingerprint density at radius 1 is 1.21 bits per heavy atom. The van der Waals surface area contributed by atoms with Crippen LogP contribution in [0, 0.1) is 0 Å². The lowest BCUT2D eigenvalue weighted by molar-refractivity contribution is -0.122. The minimum absolute atomic E-state index is 0.0139. The molecule has 0 bridgehead atoms. The van der Waals surface area contributed by atoms with Gasteiger partial charge in [0.2, 0.25) is 15.9 Å². The Kier molecular flexibility index (Phi) is 5.92. The number of nitrogens with zero attached hydrogens (tertiary/aromatic N) is 2. The number of amides is 1. The molecule has 0 radical (unpaired) electrons. The van der Waals surface area contributed by atoms with Crippen LogP contribution in [-0.2, 0) is 21.2 Å². The van der Waals surface area contributed by atoms with Gasteiger partial charge in [0, 0.05) is 37.7 Å². The molecular weight excluding hydrogens is 388 g/mol. The van der Waals surface area contributed by atoms with Crippen molar-refractivity contribution in [2.24, 2.45) is 5.10 Å². The average molecular weight is 419 g/mol. The van der Waals surface area contributed by atoms with E-state index in [1.807, 2.05) is 18.0 Å². The predicted octanol–water partition coefficient (Wildman–Crippen LogP) is 2.48. The molecule has 2 N–H and O–H groups in total. The van der Waals surface area contributed by atoms with E-state index in [4.69, 9.17) is 0 Å². The van der Waals surface area contributed by atoms with E-state index in [0.29, 0.717) is 17.9 Å². The van der Waals surface area contributed by atoms with Crippen molar-refractivity contribution in [2.75, 3.05) is 13.1 Å². The summed E-state index contributed by atoms with van der Waals surface area (Å²) in [5.74, 6) is -0.0139. The van der Waals surface area contributed by atoms with Crippen LogP contribution in [-0.4, -0.2) is 44.2 Å². The van der Waals surface area contributed by atoms with E-state index in [0.717, 1.165) is 68.3 Å². The third-order valence-corrected chi connectivity index (χ3v) is 7.68. The molecule has 1 aromatic rings. The van der Waals surface area contributed by atoms with Crippen molar-refractivity contribution in [2.45, 2.75) is 75.3 Å². The molecule has 3 aliphatic rings. The van der Waals surface area contributed by atoms with Gasteiger partial charge in [0.1, 0.15) is 0 Å². The van der Waals surface area contributed by atoms with Crippen LogP contribution < -0.4 is 10.0 Å². The zero-order chi connectivity index (χ0) is 20.4. The Morgan fingerprint density at radius 2 is 2.00 bits per heavy atom. The first-order valence-corrected chi connectivity index (χ1v) is 12.1. The monoisotopic (exact) mass is 418 g/mol. The zero-order valence-corrected chi connectivity index (χ0v) is 17.8. The maximum atomic E-state index is 12.8. The fraction of sp³-hybridized carbons (Fsp3) is 0.619. The fourth-order valence-electron chi connectivity index (χ4n) is 4.52. The van der Waals surface area contributed by atoms with Gasteiger partial charge in [0.15, 0.2) is 0 Å². The maximum Gasteiger partial charge on any atom is 0.240 e. The Labute approximate surface area is 173 Å². The van der Waals surface area contributed by atoms with Crippen LogP contribution in [0.5, 0.6) is 0 Å². The van der Waals surface area contributed by atoms with Crippen LogP contribution in [0.3, 0.4) is 0 Å². The minimum atomic E-state index is -3.53. The Morgan fingerprint density at radius 3 is 2.72 bits per heavy atom. The van der Waals surface area contributed by atoms with Gasteiger partial charge >= 0.3 is 0 Å². The van der Waals surface area contributed by atoms with Crippen LogP contribution in [0.1, 0.15) is 69.0 Å². The first kappa shape index (κ1) is 20.3. The molecule has 7 nitrogen and oxygen atoms in total. The summed E-state index contributed by atoms with van der Waals surface area (Å²) in [6.45, 7) is 3.49. The van der Waals surface area contributed by atoms with Crippen molar-refractivity contribution in [1.82, 2.24) is 15.0 Å². The molecule has 1 heterocycles. The molecule has 4 rings (SSSR count). The van der Waals surface area contributed by atoms with Gasteiger partial charge in [-0.3, -0.25) is 9.80 Å². The molecule has 0 unspecified atom stereocenters. The van der Waals surface area contributed by atoms with Gasteiger partial charge in [-0.1, -0.05) is 18.9 Å². The number of hydrazone groups is 1. The van der Waals surface area contributed by atoms with Crippen LogP contribution in [0.25, 0.3) is 0 Å². The first-order valence-electron chi connectivity index (χ1n) is 10.6. The molecule has 2 aliphatic carbocycles. The van der Waals surface area contributed by atoms with Gasteiger partial charge in [-0.05, 0) is 55.9 Å². The second kappa shape index (κ2) is 8.44. The van der Waals surface area contributed by atoms with E-state index >= 15 is 0 Å². The van der Waals surface area contributed by atoms with Crippen molar-refractivity contribution in [3.63, 3.8) is 0 Å². The Bertz CT molecular complexity index is 907. The molecular formula is C21H30N4O3S. The summed E-state index contributed by atoms with van der Waals surface area (Å²) in [6, 6.07) is 5.25. The highest BCUT2D eigenvalue weighted by atomic mass is 32.2. The lowest BCUT2D eigenvalue weighted by Gasteiger charge is -2.18. The summed E-state index contributed by atoms with van der Waals surface area (Å²) in [6.07, 6.45) is 6.98. The number of nitrogens with one attached hydrogen (secondary N) is 2. The summed E-state index contributed by atoms with van der Waals surface area (Å²) < 4.78 is 28.4. The van der Waals surface area contributed by atoms with Crippen molar-refractivity contribution in [1.29, 1.82) is 0 Å². The SMILES string of the molecule is CC1=NN(CCC(=O)N[C@@H]2CCc3ccc(S(=O)(=O)NC4CCCC4)cc32)CC1. The predicted molar refractivity (Wildman–Crippen MR) is 112 cm³/mol. The average Bonchev–Trinajstić information content (AvgIpc) is 3.42. The third kappa shape index (κ3) is 4.80. The highest BCUT2D eigenvalue weighted by molar-refractivity contribution is 7.89. The van der Waals surface area contributed by atoms with Gasteiger partial charge < -0.3 is 5.32 Å². The topological polar surface area (TPSA) is 90.9 Å². The first-order chi connectivity index (χ1) is 13.9. The number of sulfonamides is 1. The van der Waals surface area contributed by atoms with E-state index in [1.165, 1.54) is 0 Å². The van der Waals surface area contributed by atoms with E-state index in [1.54, 1.807) is 12.1 Å². The number of carbonyl (C=O) groups excluding carboxylic acids is 1. The quantitative estimate of drug-likeness (QED) is 0.712. The van der Waals surface area contributed by atoms with Crippen molar-refractivity contribution < 1.29 is 13.2 Å². The summed E-state index contributed by atoms with van der Waals surface area (Å²) in [7, 11) is -3.53. The van der Waals surface area contributed by atoms with Crippen molar-refractivity contribution >= 4 is 21.6 Å². The van der Waals surface area contributed by atoms with Crippen LogP contribution in [0.15, 0.2) is 28.2 Å². The highest BCUT2D eigenvalue weighted by Gasteiger charge is 2.28. The molecule has 0 aromatic heterocycles. The van der Waals surface area contributed by atoms with Crippen molar-refractivity contribution in [3.05, 3.63) is 29.3 Å². The number of aryl methyl sites for hydroxylation is 1. The van der Waals surface area contributed by atoms with Crippen LogP contribution in [0.4, 0.5) is 0 Å². The summed E-state index contributed by atoms with van der Waals surface area (Å²) in [4.78, 5) is 12.7. The highest BCUT2D eigenvalue weighted by Crippen LogP contribution is 2.33. The Balaban J connectivity index is 1.39. The van der Waals surface area contributed by atoms with E-state index in [2.05, 4.69) is 15.1 Å². The molecule has 158 valence electrons. The third-order valence-electron chi connectivity index (χ3n) is 6.16. The number of hydrogen-bond acceptors (Lipinski definition) is 5. The van der Waals surface area contributed by atoms with E-state index < -0.39 is 10.0 Å². The second-order valence-corrected chi connectivity index (χ2v) is 10.1. The van der Waals surface area contributed by atoms with Gasteiger partial charge in [0.05, 0.1) is 10.9 Å². The smallest absolute Gasteiger partial charge is 0.240 e. The molecule has 8 heteroatoms. The van der Waals surface area contributed by atoms with Gasteiger partial charge in [0.25, 0.3) is 0 Å². The number of rotatable bonds is 7. The van der Waals surface area contributed by atoms with Crippen molar-refractivity contribution in [3.8, 4) is 0 Å². The van der Waals surface area contributed by atoms with Gasteiger partial charge in [-0.25, -0.2) is 13.1 Å². The standard InChI is InChI=1S/C21H30N4O3S/c1-15-10-12-25(23-15)13-11-21(26)22-20-9-7-16-6-8-18(14-19(16)20)29(27,28)24-17-4-2-3-5-17/h6,8,14,17,20,24H,2-5,7,9-13H2,1H3,(H,22,26)/t20-/m1/s1. The normalized spacial score (nSPS) is 22.0. The summed E-state index contributed by atoms with van der Waals surface area (Å²) >= 11 is 0. The molecule has 1 saturated carbocycles. The zero-order valence-electron chi connectivity index (χ0n) is 17.0. The van der Waals surface area contributed by atoms with Gasteiger partial charge in [-0.15, -0.1) is 0 Å². The molecule has 1 fully saturated rings. The molecule has 0 spiro atoms. The largest absolute Gasteiger partial charge is 0.349 e. The fourth-order valence-corrected chi connectivity index (χ4v) is 5.86. The molecule has 1 aromatic carbocycles. The number of fused-ring (bicyclic) bond motifs is 1. The number of benzene rings is 1. The summed E-state index contributed by atoms with van der Waals surface area (Å²) in [5.41, 5.74) is 3.16. The second-order valence-electron chi connectivity index (χ2n) is 8.41. The molecule has 1 aliphatic heterocycles. The molecule has 29 heavy (non-hydrogen) atoms. The minimum Gasteiger partial charge on any atom is -0.349 e. The van der Waals surface area contributed by atoms with Crippen LogP contribution in [0.2, 0.25) is 0 Å². The molecule has 0 saturated heterocycles. The van der Waals surface area contributed by atoms with Crippen LogP contribution >= 0.6 is 0 Å². The van der Waals surface area contributed by atoms with E-state index in [-0.39, 0.29) is 18.0 Å². The lowest BCUT2D eigenvalue weighted by Crippen LogP contribution is -2.33. The molecule has 1 amide bonds. The lowest BCUT2D eigenvalue weighted by atomic mass is 10.1. The number of hydrogen-bond donors (Lipinski definition) is 2. The maximum absolute atomic E-state index is 12.8. The Hall–Kier alpha value is -1.93. The number of carbonyl (C=O) groups is 1. The summed E-state index contributed by atoms with van der Waals surface area (Å²) in [5, 5.41) is 9.44.